The van der Waals surface area contributed by atoms with Crippen molar-refractivity contribution in [1.82, 2.24) is 9.55 Å². The zero-order chi connectivity index (χ0) is 15.9. The van der Waals surface area contributed by atoms with E-state index in [4.69, 9.17) is 9.84 Å². The average Bonchev–Trinajstić information content (AvgIpc) is 2.64. The Morgan fingerprint density at radius 3 is 2.38 bits per heavy atom. The summed E-state index contributed by atoms with van der Waals surface area (Å²) in [6, 6.07) is 0.497. The fourth-order valence-corrected chi connectivity index (χ4v) is 2.83. The molecule has 0 aliphatic carbocycles. The number of nitrogens with zero attached hydrogens (tertiary/aromatic N) is 1. The zero-order valence-corrected chi connectivity index (χ0v) is 11.3. The van der Waals surface area contributed by atoms with Crippen LogP contribution in [0.2, 0.25) is 0 Å². The molecule has 12 heteroatoms. The topological polar surface area (TPSA) is 182 Å². The minimum absolute atomic E-state index is 0.353. The SMILES string of the molecule is O=c1cc(P(=O)(O)O)n([C@@H]2O[C@H](CO)[C@@H](O)[C@H]2O)c(=O)[nH]1. The summed E-state index contributed by atoms with van der Waals surface area (Å²) >= 11 is 0. The van der Waals surface area contributed by atoms with Crippen LogP contribution in [0.15, 0.2) is 15.7 Å². The van der Waals surface area contributed by atoms with Gasteiger partial charge in [0.15, 0.2) is 6.23 Å². The van der Waals surface area contributed by atoms with Crippen LogP contribution >= 0.6 is 7.60 Å². The van der Waals surface area contributed by atoms with Gasteiger partial charge < -0.3 is 29.8 Å². The number of aromatic amines is 1. The predicted octanol–water partition coefficient (Wildman–Crippen LogP) is -4.05. The number of rotatable bonds is 3. The van der Waals surface area contributed by atoms with Crippen molar-refractivity contribution in [2.24, 2.45) is 0 Å². The maximum atomic E-state index is 11.8. The molecule has 2 heterocycles. The largest absolute Gasteiger partial charge is 0.394 e. The highest BCUT2D eigenvalue weighted by Gasteiger charge is 2.45. The fraction of sp³-hybridized carbons (Fsp3) is 0.556. The number of aliphatic hydroxyl groups excluding tert-OH is 3. The van der Waals surface area contributed by atoms with Crippen molar-refractivity contribution < 1.29 is 34.4 Å². The number of hydrogen-bond acceptors (Lipinski definition) is 7. The molecule has 0 amide bonds. The van der Waals surface area contributed by atoms with Gasteiger partial charge in [-0.1, -0.05) is 0 Å². The van der Waals surface area contributed by atoms with E-state index in [1.807, 2.05) is 0 Å². The van der Waals surface area contributed by atoms with Crippen LogP contribution in [-0.2, 0) is 9.30 Å². The Bertz CT molecular complexity index is 691. The number of aliphatic hydroxyl groups is 3. The maximum Gasteiger partial charge on any atom is 0.372 e. The molecule has 21 heavy (non-hydrogen) atoms. The van der Waals surface area contributed by atoms with Crippen molar-refractivity contribution in [2.45, 2.75) is 24.5 Å². The summed E-state index contributed by atoms with van der Waals surface area (Å²) in [6.45, 7) is -0.682. The fourth-order valence-electron chi connectivity index (χ4n) is 2.06. The van der Waals surface area contributed by atoms with Gasteiger partial charge in [0, 0.05) is 6.07 Å². The van der Waals surface area contributed by atoms with Crippen LogP contribution in [0.25, 0.3) is 0 Å². The third-order valence-electron chi connectivity index (χ3n) is 3.03. The molecule has 2 rings (SSSR count). The summed E-state index contributed by atoms with van der Waals surface area (Å²) in [7, 11) is -5.03. The number of aromatic nitrogens is 2. The average molecular weight is 324 g/mol. The van der Waals surface area contributed by atoms with Gasteiger partial charge in [-0.2, -0.15) is 0 Å². The van der Waals surface area contributed by atoms with Gasteiger partial charge in [0.05, 0.1) is 6.61 Å². The van der Waals surface area contributed by atoms with Crippen LogP contribution in [0.4, 0.5) is 0 Å². The number of ether oxygens (including phenoxy) is 1. The summed E-state index contributed by atoms with van der Waals surface area (Å²) in [5.41, 5.74) is -3.23. The van der Waals surface area contributed by atoms with E-state index < -0.39 is 55.4 Å². The molecule has 0 unspecified atom stereocenters. The molecule has 0 radical (unpaired) electrons. The summed E-state index contributed by atoms with van der Waals surface area (Å²) in [5, 5.41) is 28.4. The van der Waals surface area contributed by atoms with Crippen molar-refractivity contribution in [3.63, 3.8) is 0 Å². The molecule has 0 aromatic carbocycles. The first kappa shape index (κ1) is 16.0. The normalized spacial score (nSPS) is 29.8. The lowest BCUT2D eigenvalue weighted by atomic mass is 10.1. The molecular formula is C9H13N2O9P. The lowest BCUT2D eigenvalue weighted by Crippen LogP contribution is -2.45. The molecule has 6 N–H and O–H groups in total. The van der Waals surface area contributed by atoms with Crippen LogP contribution in [0.1, 0.15) is 6.23 Å². The highest BCUT2D eigenvalue weighted by Crippen LogP contribution is 2.35. The lowest BCUT2D eigenvalue weighted by molar-refractivity contribution is -0.0537. The molecule has 118 valence electrons. The molecule has 1 saturated heterocycles. The summed E-state index contributed by atoms with van der Waals surface area (Å²) < 4.78 is 16.8. The molecule has 1 aliphatic rings. The molecule has 0 bridgehead atoms. The Hall–Kier alpha value is -1.33. The third kappa shape index (κ3) is 2.85. The van der Waals surface area contributed by atoms with Crippen molar-refractivity contribution in [3.05, 3.63) is 26.9 Å². The van der Waals surface area contributed by atoms with Gasteiger partial charge >= 0.3 is 13.3 Å². The van der Waals surface area contributed by atoms with Gasteiger partial charge in [0.1, 0.15) is 23.7 Å². The van der Waals surface area contributed by atoms with Crippen molar-refractivity contribution in [2.75, 3.05) is 6.61 Å². The van der Waals surface area contributed by atoms with Crippen molar-refractivity contribution in [1.29, 1.82) is 0 Å². The summed E-state index contributed by atoms with van der Waals surface area (Å²) in [5.74, 6) is 0. The Labute approximate surface area is 116 Å². The highest BCUT2D eigenvalue weighted by molar-refractivity contribution is 7.60. The first-order valence-electron chi connectivity index (χ1n) is 5.71. The monoisotopic (exact) mass is 324 g/mol. The van der Waals surface area contributed by atoms with Crippen LogP contribution < -0.4 is 16.7 Å². The van der Waals surface area contributed by atoms with E-state index in [1.54, 1.807) is 4.98 Å². The minimum atomic E-state index is -5.03. The molecule has 0 saturated carbocycles. The number of H-pyrrole nitrogens is 1. The first-order valence-corrected chi connectivity index (χ1v) is 7.32. The standard InChI is InChI=1S/C9H13N2O9P/c12-2-3-6(14)7(15)8(20-3)11-5(21(17,18)19)1-4(13)10-9(11)16/h1,3,6-8,12,14-15H,2H2,(H,10,13,16)(H2,17,18,19)/t3-,6-,7-,8-/m1/s1. The van der Waals surface area contributed by atoms with Crippen molar-refractivity contribution >= 4 is 13.0 Å². The van der Waals surface area contributed by atoms with E-state index in [-0.39, 0.29) is 0 Å². The second kappa shape index (κ2) is 5.46. The Kier molecular flexibility index (Phi) is 4.17. The van der Waals surface area contributed by atoms with E-state index in [2.05, 4.69) is 0 Å². The van der Waals surface area contributed by atoms with E-state index in [9.17, 15) is 34.2 Å². The van der Waals surface area contributed by atoms with E-state index in [0.29, 0.717) is 10.6 Å². The molecule has 0 spiro atoms. The van der Waals surface area contributed by atoms with Crippen LogP contribution in [0.5, 0.6) is 0 Å². The minimum Gasteiger partial charge on any atom is -0.394 e. The Morgan fingerprint density at radius 1 is 1.29 bits per heavy atom. The Morgan fingerprint density at radius 2 is 1.90 bits per heavy atom. The van der Waals surface area contributed by atoms with Crippen LogP contribution in [-0.4, -0.2) is 59.6 Å². The molecule has 11 nitrogen and oxygen atoms in total. The van der Waals surface area contributed by atoms with Gasteiger partial charge in [-0.3, -0.25) is 18.9 Å². The summed E-state index contributed by atoms with van der Waals surface area (Å²) in [4.78, 5) is 43.1. The van der Waals surface area contributed by atoms with Crippen molar-refractivity contribution in [3.8, 4) is 0 Å². The lowest BCUT2D eigenvalue weighted by Gasteiger charge is -2.21. The molecule has 4 atom stereocenters. The molecule has 1 fully saturated rings. The molecule has 1 aromatic heterocycles. The van der Waals surface area contributed by atoms with Gasteiger partial charge in [-0.25, -0.2) is 4.79 Å². The second-order valence-corrected chi connectivity index (χ2v) is 5.99. The third-order valence-corrected chi connectivity index (χ3v) is 3.97. The number of hydrogen-bond donors (Lipinski definition) is 6. The number of nitrogens with one attached hydrogen (secondary N) is 1. The van der Waals surface area contributed by atoms with Gasteiger partial charge in [-0.05, 0) is 0 Å². The highest BCUT2D eigenvalue weighted by atomic mass is 31.2. The smallest absolute Gasteiger partial charge is 0.372 e. The quantitative estimate of drug-likeness (QED) is 0.301. The van der Waals surface area contributed by atoms with Gasteiger partial charge in [0.2, 0.25) is 0 Å². The molecular weight excluding hydrogens is 311 g/mol. The van der Waals surface area contributed by atoms with Crippen LogP contribution in [0, 0.1) is 0 Å². The van der Waals surface area contributed by atoms with Gasteiger partial charge in [0.25, 0.3) is 5.56 Å². The maximum absolute atomic E-state index is 11.8. The van der Waals surface area contributed by atoms with E-state index >= 15 is 0 Å². The van der Waals surface area contributed by atoms with Gasteiger partial charge in [-0.15, -0.1) is 0 Å². The summed E-state index contributed by atoms with van der Waals surface area (Å²) in [6.07, 6.45) is -6.20. The van der Waals surface area contributed by atoms with E-state index in [0.717, 1.165) is 0 Å². The van der Waals surface area contributed by atoms with E-state index in [1.165, 1.54) is 0 Å². The molecule has 1 aliphatic heterocycles. The zero-order valence-electron chi connectivity index (χ0n) is 10.4. The Balaban J connectivity index is 2.62. The predicted molar refractivity (Wildman–Crippen MR) is 66.0 cm³/mol. The molecule has 1 aromatic rings. The second-order valence-electron chi connectivity index (χ2n) is 4.44. The van der Waals surface area contributed by atoms with Crippen LogP contribution in [0.3, 0.4) is 0 Å². The first-order chi connectivity index (χ1) is 9.66.